The Kier molecular flexibility index (Phi) is 6.51. The minimum atomic E-state index is -1.06. The first-order valence-corrected chi connectivity index (χ1v) is 11.2. The van der Waals surface area contributed by atoms with Gasteiger partial charge in [-0.25, -0.2) is 14.2 Å². The van der Waals surface area contributed by atoms with Gasteiger partial charge in [0.15, 0.2) is 6.10 Å². The maximum atomic E-state index is 13.3. The Morgan fingerprint density at radius 1 is 1.18 bits per heavy atom. The molecule has 1 N–H and O–H groups in total. The Bertz CT molecular complexity index is 1390. The van der Waals surface area contributed by atoms with E-state index in [1.807, 2.05) is 0 Å². The molecule has 0 bridgehead atoms. The third kappa shape index (κ3) is 4.86. The number of aryl methyl sites for hydroxylation is 1. The van der Waals surface area contributed by atoms with Crippen LogP contribution in [0.2, 0.25) is 0 Å². The van der Waals surface area contributed by atoms with Crippen LogP contribution in [-0.2, 0) is 16.1 Å². The van der Waals surface area contributed by atoms with Crippen LogP contribution in [-0.4, -0.2) is 33.9 Å². The van der Waals surface area contributed by atoms with Crippen LogP contribution in [0.3, 0.4) is 0 Å². The summed E-state index contributed by atoms with van der Waals surface area (Å²) in [6, 6.07) is 10.5. The topological polar surface area (TPSA) is 111 Å². The van der Waals surface area contributed by atoms with E-state index in [0.29, 0.717) is 33.8 Å². The summed E-state index contributed by atoms with van der Waals surface area (Å²) in [4.78, 5) is 42.6. The third-order valence-electron chi connectivity index (χ3n) is 5.05. The Hall–Kier alpha value is -3.92. The zero-order chi connectivity index (χ0) is 24.4. The van der Waals surface area contributed by atoms with Crippen LogP contribution >= 0.6 is 11.3 Å². The fourth-order valence-electron chi connectivity index (χ4n) is 3.32. The molecule has 1 aromatic carbocycles. The number of carbonyl (C=O) groups excluding carboxylic acids is 3. The molecule has 1 atom stereocenters. The minimum Gasteiger partial charge on any atom is -0.451 e. The number of aromatic nitrogens is 2. The zero-order valence-electron chi connectivity index (χ0n) is 18.5. The van der Waals surface area contributed by atoms with Crippen LogP contribution in [0.4, 0.5) is 4.39 Å². The number of hydrogen-bond donors (Lipinski definition) is 1. The van der Waals surface area contributed by atoms with Gasteiger partial charge in [0, 0.05) is 17.4 Å². The molecule has 0 aliphatic carbocycles. The summed E-state index contributed by atoms with van der Waals surface area (Å²) < 4.78 is 24.1. The highest BCUT2D eigenvalue weighted by Crippen LogP contribution is 2.28. The first kappa shape index (κ1) is 23.2. The van der Waals surface area contributed by atoms with Crippen LogP contribution < -0.4 is 5.32 Å². The molecule has 8 nitrogen and oxygen atoms in total. The van der Waals surface area contributed by atoms with Crippen molar-refractivity contribution in [3.05, 3.63) is 69.3 Å². The number of thiophene rings is 1. The fraction of sp³-hybridized carbons (Fsp3) is 0.208. The maximum absolute atomic E-state index is 13.3. The molecule has 0 aliphatic heterocycles. The summed E-state index contributed by atoms with van der Waals surface area (Å²) in [6.07, 6.45) is -1.06. The van der Waals surface area contributed by atoms with Crippen LogP contribution in [0, 0.1) is 12.7 Å². The number of amides is 1. The van der Waals surface area contributed by atoms with E-state index >= 15 is 0 Å². The largest absolute Gasteiger partial charge is 0.451 e. The summed E-state index contributed by atoms with van der Waals surface area (Å²) in [5, 5.41) is 6.93. The number of halogens is 1. The van der Waals surface area contributed by atoms with Gasteiger partial charge in [-0.05, 0) is 56.3 Å². The maximum Gasteiger partial charge on any atom is 0.339 e. The number of Topliss-reactive ketones (excluding diaryl/α,β-unsaturated/α-hetero) is 1. The monoisotopic (exact) mass is 481 g/mol. The summed E-state index contributed by atoms with van der Waals surface area (Å²) >= 11 is 1.22. The lowest BCUT2D eigenvalue weighted by molar-refractivity contribution is -0.119. The molecule has 0 aliphatic rings. The van der Waals surface area contributed by atoms with Gasteiger partial charge in [-0.2, -0.15) is 0 Å². The number of ether oxygens (including phenoxy) is 1. The van der Waals surface area contributed by atoms with E-state index in [4.69, 9.17) is 9.26 Å². The highest BCUT2D eigenvalue weighted by molar-refractivity contribution is 7.14. The molecule has 0 radical (unpaired) electrons. The molecule has 1 unspecified atom stereocenters. The molecule has 10 heteroatoms. The molecule has 0 spiro atoms. The van der Waals surface area contributed by atoms with E-state index in [1.54, 1.807) is 19.1 Å². The third-order valence-corrected chi connectivity index (χ3v) is 6.15. The molecule has 4 rings (SSSR count). The second kappa shape index (κ2) is 9.52. The standard InChI is InChI=1S/C24H20FN3O5S/c1-12-21-18(10-19(27-23(21)33-28-12)15-4-6-16(25)7-5-15)24(31)32-13(2)22(30)20-9-8-17(34-20)11-26-14(3)29/h4-10,13H,11H2,1-3H3,(H,26,29). The second-order valence-corrected chi connectivity index (χ2v) is 8.77. The quantitative estimate of drug-likeness (QED) is 0.306. The predicted octanol–water partition coefficient (Wildman–Crippen LogP) is 4.46. The van der Waals surface area contributed by atoms with Crippen LogP contribution in [0.15, 0.2) is 47.0 Å². The molecule has 174 valence electrons. The molecular formula is C24H20FN3O5S. The number of ketones is 1. The zero-order valence-corrected chi connectivity index (χ0v) is 19.4. The lowest BCUT2D eigenvalue weighted by Crippen LogP contribution is -2.24. The van der Waals surface area contributed by atoms with Gasteiger partial charge in [-0.1, -0.05) is 5.16 Å². The molecular weight excluding hydrogens is 461 g/mol. The first-order chi connectivity index (χ1) is 16.2. The van der Waals surface area contributed by atoms with Crippen molar-refractivity contribution in [2.24, 2.45) is 0 Å². The van der Waals surface area contributed by atoms with Crippen molar-refractivity contribution in [3.63, 3.8) is 0 Å². The van der Waals surface area contributed by atoms with E-state index in [2.05, 4.69) is 15.5 Å². The van der Waals surface area contributed by atoms with Crippen molar-refractivity contribution in [1.82, 2.24) is 15.5 Å². The highest BCUT2D eigenvalue weighted by Gasteiger charge is 2.26. The minimum absolute atomic E-state index is 0.131. The van der Waals surface area contributed by atoms with E-state index in [1.165, 1.54) is 55.5 Å². The van der Waals surface area contributed by atoms with Gasteiger partial charge < -0.3 is 14.6 Å². The molecule has 0 saturated carbocycles. The fourth-order valence-corrected chi connectivity index (χ4v) is 4.28. The van der Waals surface area contributed by atoms with Crippen molar-refractivity contribution >= 4 is 40.1 Å². The molecule has 4 aromatic rings. The molecule has 0 saturated heterocycles. The molecule has 34 heavy (non-hydrogen) atoms. The van der Waals surface area contributed by atoms with Crippen LogP contribution in [0.25, 0.3) is 22.4 Å². The number of esters is 1. The number of rotatable bonds is 7. The summed E-state index contributed by atoms with van der Waals surface area (Å²) in [5.41, 5.74) is 1.66. The van der Waals surface area contributed by atoms with Crippen LogP contribution in [0.5, 0.6) is 0 Å². The van der Waals surface area contributed by atoms with Gasteiger partial charge in [0.2, 0.25) is 11.7 Å². The summed E-state index contributed by atoms with van der Waals surface area (Å²) in [7, 11) is 0. The van der Waals surface area contributed by atoms with Gasteiger partial charge in [-0.3, -0.25) is 9.59 Å². The summed E-state index contributed by atoms with van der Waals surface area (Å²) in [5.74, 6) is -1.67. The number of fused-ring (bicyclic) bond motifs is 1. The van der Waals surface area contributed by atoms with Crippen LogP contribution in [0.1, 0.15) is 44.4 Å². The first-order valence-electron chi connectivity index (χ1n) is 10.3. The van der Waals surface area contributed by atoms with Gasteiger partial charge >= 0.3 is 5.97 Å². The number of carbonyl (C=O) groups is 3. The number of pyridine rings is 1. The van der Waals surface area contributed by atoms with Gasteiger partial charge in [0.05, 0.1) is 33.8 Å². The van der Waals surface area contributed by atoms with E-state index in [-0.39, 0.29) is 23.0 Å². The van der Waals surface area contributed by atoms with Crippen molar-refractivity contribution in [2.45, 2.75) is 33.4 Å². The van der Waals surface area contributed by atoms with Gasteiger partial charge in [-0.15, -0.1) is 11.3 Å². The lowest BCUT2D eigenvalue weighted by Gasteiger charge is -2.12. The van der Waals surface area contributed by atoms with Crippen molar-refractivity contribution < 1.29 is 28.0 Å². The molecule has 3 aromatic heterocycles. The highest BCUT2D eigenvalue weighted by atomic mass is 32.1. The molecule has 1 amide bonds. The van der Waals surface area contributed by atoms with E-state index in [9.17, 15) is 18.8 Å². The van der Waals surface area contributed by atoms with Crippen molar-refractivity contribution in [1.29, 1.82) is 0 Å². The number of benzene rings is 1. The number of nitrogens with one attached hydrogen (secondary N) is 1. The normalized spacial score (nSPS) is 11.9. The average molecular weight is 482 g/mol. The molecule has 3 heterocycles. The lowest BCUT2D eigenvalue weighted by atomic mass is 10.1. The predicted molar refractivity (Wildman–Crippen MR) is 123 cm³/mol. The Labute approximate surface area is 197 Å². The van der Waals surface area contributed by atoms with E-state index < -0.39 is 17.9 Å². The number of nitrogens with zero attached hydrogens (tertiary/aromatic N) is 2. The average Bonchev–Trinajstić information content (AvgIpc) is 3.44. The Morgan fingerprint density at radius 3 is 2.62 bits per heavy atom. The second-order valence-electron chi connectivity index (χ2n) is 7.60. The number of hydrogen-bond acceptors (Lipinski definition) is 8. The smallest absolute Gasteiger partial charge is 0.339 e. The van der Waals surface area contributed by atoms with Gasteiger partial charge in [0.25, 0.3) is 5.71 Å². The van der Waals surface area contributed by atoms with E-state index in [0.717, 1.165) is 4.88 Å². The summed E-state index contributed by atoms with van der Waals surface area (Å²) in [6.45, 7) is 4.89. The molecule has 0 fully saturated rings. The Morgan fingerprint density at radius 2 is 1.91 bits per heavy atom. The van der Waals surface area contributed by atoms with Crippen molar-refractivity contribution in [2.75, 3.05) is 0 Å². The SMILES string of the molecule is CC(=O)NCc1ccc(C(=O)C(C)OC(=O)c2cc(-c3ccc(F)cc3)nc3onc(C)c23)s1. The van der Waals surface area contributed by atoms with Crippen molar-refractivity contribution in [3.8, 4) is 11.3 Å². The Balaban J connectivity index is 1.58. The van der Waals surface area contributed by atoms with Gasteiger partial charge in [0.1, 0.15) is 5.82 Å².